The van der Waals surface area contributed by atoms with Crippen molar-refractivity contribution in [1.82, 2.24) is 16.0 Å². The molecule has 86 valence electrons. The fourth-order valence-corrected chi connectivity index (χ4v) is 1.51. The molecule has 3 N–H and O–H groups in total. The van der Waals surface area contributed by atoms with Crippen LogP contribution in [0.25, 0.3) is 0 Å². The molecule has 0 saturated carbocycles. The summed E-state index contributed by atoms with van der Waals surface area (Å²) in [6.07, 6.45) is 0.00581. The highest BCUT2D eigenvalue weighted by molar-refractivity contribution is 5.83. The predicted molar refractivity (Wildman–Crippen MR) is 54.3 cm³/mol. The smallest absolute Gasteiger partial charge is 0.239 e. The van der Waals surface area contributed by atoms with Crippen molar-refractivity contribution >= 4 is 11.8 Å². The average Bonchev–Trinajstić information content (AvgIpc) is 2.62. The number of nitrogens with one attached hydrogen (secondary N) is 3. The Morgan fingerprint density at radius 2 is 2.20 bits per heavy atom. The summed E-state index contributed by atoms with van der Waals surface area (Å²) in [4.78, 5) is 21.9. The summed E-state index contributed by atoms with van der Waals surface area (Å²) in [5.41, 5.74) is 0. The molecule has 2 atom stereocenters. The molecular weight excluding hydrogens is 198 g/mol. The number of methoxy groups -OCH3 is 1. The molecular formula is C9H17N3O3. The topological polar surface area (TPSA) is 79.5 Å². The van der Waals surface area contributed by atoms with Gasteiger partial charge in [0.25, 0.3) is 0 Å². The lowest BCUT2D eigenvalue weighted by Gasteiger charge is -2.18. The number of carbonyl (C=O) groups excluding carboxylic acids is 2. The molecule has 1 aliphatic heterocycles. The molecule has 2 amide bonds. The molecule has 1 rings (SSSR count). The van der Waals surface area contributed by atoms with Crippen LogP contribution >= 0.6 is 0 Å². The minimum Gasteiger partial charge on any atom is -0.378 e. The van der Waals surface area contributed by atoms with Crippen LogP contribution in [-0.2, 0) is 14.3 Å². The maximum absolute atomic E-state index is 11.4. The van der Waals surface area contributed by atoms with E-state index in [-0.39, 0.29) is 30.5 Å². The fraction of sp³-hybridized carbons (Fsp3) is 0.778. The van der Waals surface area contributed by atoms with Gasteiger partial charge in [-0.05, 0) is 0 Å². The lowest BCUT2D eigenvalue weighted by molar-refractivity contribution is -0.125. The molecule has 1 fully saturated rings. The summed E-state index contributed by atoms with van der Waals surface area (Å²) in [7, 11) is 1.62. The number of hydrogen-bond acceptors (Lipinski definition) is 4. The Labute approximate surface area is 88.7 Å². The van der Waals surface area contributed by atoms with Crippen molar-refractivity contribution in [3.8, 4) is 0 Å². The van der Waals surface area contributed by atoms with E-state index in [0.717, 1.165) is 6.54 Å². The zero-order valence-electron chi connectivity index (χ0n) is 9.00. The van der Waals surface area contributed by atoms with Gasteiger partial charge in [0.2, 0.25) is 11.8 Å². The van der Waals surface area contributed by atoms with Gasteiger partial charge < -0.3 is 20.7 Å². The van der Waals surface area contributed by atoms with Gasteiger partial charge in [0.1, 0.15) is 0 Å². The molecule has 0 aromatic heterocycles. The first kappa shape index (κ1) is 11.9. The molecule has 1 heterocycles. The van der Waals surface area contributed by atoms with Crippen LogP contribution in [0.3, 0.4) is 0 Å². The predicted octanol–water partition coefficient (Wildman–Crippen LogP) is -1.77. The third-order valence-corrected chi connectivity index (χ3v) is 2.31. The van der Waals surface area contributed by atoms with E-state index < -0.39 is 0 Å². The molecule has 15 heavy (non-hydrogen) atoms. The molecule has 6 nitrogen and oxygen atoms in total. The number of hydrogen-bond donors (Lipinski definition) is 3. The number of rotatable bonds is 4. The van der Waals surface area contributed by atoms with Crippen molar-refractivity contribution < 1.29 is 14.3 Å². The Morgan fingerprint density at radius 1 is 1.47 bits per heavy atom. The Kier molecular flexibility index (Phi) is 4.51. The van der Waals surface area contributed by atoms with Crippen LogP contribution in [0, 0.1) is 0 Å². The van der Waals surface area contributed by atoms with Crippen molar-refractivity contribution in [2.24, 2.45) is 0 Å². The summed E-state index contributed by atoms with van der Waals surface area (Å²) in [6, 6.07) is -0.0174. The molecule has 0 spiro atoms. The highest BCUT2D eigenvalue weighted by Gasteiger charge is 2.27. The van der Waals surface area contributed by atoms with Gasteiger partial charge in [-0.3, -0.25) is 9.59 Å². The minimum atomic E-state index is -0.210. The van der Waals surface area contributed by atoms with Crippen LogP contribution in [0.2, 0.25) is 0 Å². The monoisotopic (exact) mass is 215 g/mol. The van der Waals surface area contributed by atoms with E-state index in [4.69, 9.17) is 4.74 Å². The van der Waals surface area contributed by atoms with E-state index in [1.54, 1.807) is 7.11 Å². The van der Waals surface area contributed by atoms with E-state index in [1.165, 1.54) is 6.92 Å². The van der Waals surface area contributed by atoms with Crippen LogP contribution in [-0.4, -0.2) is 50.7 Å². The van der Waals surface area contributed by atoms with Crippen molar-refractivity contribution in [3.63, 3.8) is 0 Å². The lowest BCUT2D eigenvalue weighted by atomic mass is 10.2. The molecule has 0 radical (unpaired) electrons. The van der Waals surface area contributed by atoms with Gasteiger partial charge >= 0.3 is 0 Å². The first-order valence-corrected chi connectivity index (χ1v) is 4.90. The minimum absolute atomic E-state index is 0.00581. The second-order valence-corrected chi connectivity index (χ2v) is 3.52. The highest BCUT2D eigenvalue weighted by Crippen LogP contribution is 2.02. The van der Waals surface area contributed by atoms with Gasteiger partial charge in [-0.25, -0.2) is 0 Å². The summed E-state index contributed by atoms with van der Waals surface area (Å²) >= 11 is 0. The molecule has 1 unspecified atom stereocenters. The van der Waals surface area contributed by atoms with E-state index in [1.807, 2.05) is 0 Å². The SMILES string of the molecule is CO[C@H]1CNCC1NC(=O)CNC(C)=O. The van der Waals surface area contributed by atoms with Gasteiger partial charge in [0, 0.05) is 27.1 Å². The van der Waals surface area contributed by atoms with E-state index in [9.17, 15) is 9.59 Å². The van der Waals surface area contributed by atoms with Gasteiger partial charge in [-0.15, -0.1) is 0 Å². The second-order valence-electron chi connectivity index (χ2n) is 3.52. The quantitative estimate of drug-likeness (QED) is 0.518. The Balaban J connectivity index is 2.27. The highest BCUT2D eigenvalue weighted by atomic mass is 16.5. The van der Waals surface area contributed by atoms with Gasteiger partial charge in [-0.2, -0.15) is 0 Å². The molecule has 0 aliphatic carbocycles. The second kappa shape index (κ2) is 5.67. The molecule has 1 aliphatic rings. The standard InChI is InChI=1S/C9H17N3O3/c1-6(13)11-5-9(14)12-7-3-10-4-8(7)15-2/h7-8,10H,3-5H2,1-2H3,(H,11,13)(H,12,14)/t7?,8-/m0/s1. The maximum atomic E-state index is 11.4. The fourth-order valence-electron chi connectivity index (χ4n) is 1.51. The largest absolute Gasteiger partial charge is 0.378 e. The summed E-state index contributed by atoms with van der Waals surface area (Å²) in [5.74, 6) is -0.404. The average molecular weight is 215 g/mol. The van der Waals surface area contributed by atoms with Crippen molar-refractivity contribution in [2.75, 3.05) is 26.7 Å². The van der Waals surface area contributed by atoms with E-state index in [0.29, 0.717) is 6.54 Å². The Morgan fingerprint density at radius 3 is 2.80 bits per heavy atom. The van der Waals surface area contributed by atoms with Crippen molar-refractivity contribution in [1.29, 1.82) is 0 Å². The lowest BCUT2D eigenvalue weighted by Crippen LogP contribution is -2.47. The normalized spacial score (nSPS) is 24.9. The van der Waals surface area contributed by atoms with Crippen LogP contribution in [0.15, 0.2) is 0 Å². The number of ether oxygens (including phenoxy) is 1. The first-order valence-electron chi connectivity index (χ1n) is 4.90. The summed E-state index contributed by atoms with van der Waals surface area (Å²) in [5, 5.41) is 8.35. The zero-order valence-corrected chi connectivity index (χ0v) is 9.00. The van der Waals surface area contributed by atoms with Crippen LogP contribution in [0.5, 0.6) is 0 Å². The van der Waals surface area contributed by atoms with E-state index in [2.05, 4.69) is 16.0 Å². The van der Waals surface area contributed by atoms with Crippen LogP contribution in [0.4, 0.5) is 0 Å². The summed E-state index contributed by atoms with van der Waals surface area (Å²) < 4.78 is 5.19. The Hall–Kier alpha value is -1.14. The molecule has 1 saturated heterocycles. The van der Waals surface area contributed by atoms with Crippen LogP contribution < -0.4 is 16.0 Å². The molecule has 0 aromatic carbocycles. The Bertz CT molecular complexity index is 245. The third kappa shape index (κ3) is 3.85. The van der Waals surface area contributed by atoms with Gasteiger partial charge in [-0.1, -0.05) is 0 Å². The zero-order chi connectivity index (χ0) is 11.3. The van der Waals surface area contributed by atoms with E-state index >= 15 is 0 Å². The number of carbonyl (C=O) groups is 2. The number of amides is 2. The third-order valence-electron chi connectivity index (χ3n) is 2.31. The van der Waals surface area contributed by atoms with Crippen LogP contribution in [0.1, 0.15) is 6.92 Å². The summed E-state index contributed by atoms with van der Waals surface area (Å²) in [6.45, 7) is 2.83. The van der Waals surface area contributed by atoms with Crippen molar-refractivity contribution in [2.45, 2.75) is 19.1 Å². The van der Waals surface area contributed by atoms with Gasteiger partial charge in [0.15, 0.2) is 0 Å². The van der Waals surface area contributed by atoms with Gasteiger partial charge in [0.05, 0.1) is 18.7 Å². The molecule has 6 heteroatoms. The maximum Gasteiger partial charge on any atom is 0.239 e. The molecule has 0 bridgehead atoms. The molecule has 0 aromatic rings. The first-order chi connectivity index (χ1) is 7.13. The van der Waals surface area contributed by atoms with Crippen molar-refractivity contribution in [3.05, 3.63) is 0 Å².